The van der Waals surface area contributed by atoms with Crippen LogP contribution in [0.2, 0.25) is 0 Å². The van der Waals surface area contributed by atoms with Crippen LogP contribution in [0.25, 0.3) is 10.2 Å². The molecule has 2 aromatic rings. The van der Waals surface area contributed by atoms with Crippen LogP contribution in [0.4, 0.5) is 15.6 Å². The zero-order valence-electron chi connectivity index (χ0n) is 9.37. The molecule has 1 amide bonds. The Morgan fingerprint density at radius 2 is 2.39 bits per heavy atom. The summed E-state index contributed by atoms with van der Waals surface area (Å²) in [5, 5.41) is 13.4. The Kier molecular flexibility index (Phi) is 3.38. The first kappa shape index (κ1) is 12.2. The number of hydrogen-bond acceptors (Lipinski definition) is 6. The van der Waals surface area contributed by atoms with E-state index in [-0.39, 0.29) is 12.3 Å². The average Bonchev–Trinajstić information content (AvgIpc) is 2.69. The number of fused-ring (bicyclic) bond motifs is 1. The number of carbonyl (C=O) groups is 1. The largest absolute Gasteiger partial charge is 0.450 e. The van der Waals surface area contributed by atoms with Crippen molar-refractivity contribution in [1.82, 2.24) is 4.98 Å². The van der Waals surface area contributed by atoms with Crippen LogP contribution in [0.15, 0.2) is 18.2 Å². The number of nitrogens with one attached hydrogen (secondary N) is 1. The van der Waals surface area contributed by atoms with Gasteiger partial charge < -0.3 is 4.74 Å². The Bertz CT molecular complexity index is 610. The number of hydrogen-bond donors (Lipinski definition) is 1. The topological polar surface area (TPSA) is 94.4 Å². The van der Waals surface area contributed by atoms with Gasteiger partial charge in [-0.25, -0.2) is 9.78 Å². The molecule has 1 N–H and O–H groups in total. The fraction of sp³-hybridized carbons (Fsp3) is 0.200. The van der Waals surface area contributed by atoms with E-state index in [1.165, 1.54) is 12.1 Å². The Morgan fingerprint density at radius 1 is 1.61 bits per heavy atom. The number of anilines is 1. The molecule has 0 fully saturated rings. The van der Waals surface area contributed by atoms with E-state index in [2.05, 4.69) is 10.3 Å². The number of rotatable bonds is 3. The molecule has 7 nitrogen and oxygen atoms in total. The maximum atomic E-state index is 11.2. The summed E-state index contributed by atoms with van der Waals surface area (Å²) in [6.07, 6.45) is -0.592. The Labute approximate surface area is 106 Å². The zero-order chi connectivity index (χ0) is 13.1. The second-order valence-electron chi connectivity index (χ2n) is 3.27. The van der Waals surface area contributed by atoms with Crippen molar-refractivity contribution in [3.63, 3.8) is 0 Å². The third-order valence-corrected chi connectivity index (χ3v) is 3.00. The van der Waals surface area contributed by atoms with Crippen molar-refractivity contribution in [3.05, 3.63) is 28.3 Å². The van der Waals surface area contributed by atoms with Gasteiger partial charge in [0.1, 0.15) is 0 Å². The van der Waals surface area contributed by atoms with Gasteiger partial charge in [-0.05, 0) is 13.0 Å². The Hall–Kier alpha value is -2.22. The molecule has 1 aromatic heterocycles. The normalized spacial score (nSPS) is 10.3. The van der Waals surface area contributed by atoms with Gasteiger partial charge in [-0.1, -0.05) is 11.3 Å². The molecule has 18 heavy (non-hydrogen) atoms. The predicted molar refractivity (Wildman–Crippen MR) is 66.9 cm³/mol. The molecular weight excluding hydrogens is 258 g/mol. The third kappa shape index (κ3) is 2.54. The summed E-state index contributed by atoms with van der Waals surface area (Å²) < 4.78 is 5.35. The van der Waals surface area contributed by atoms with Crippen molar-refractivity contribution in [3.8, 4) is 0 Å². The highest BCUT2D eigenvalue weighted by atomic mass is 32.1. The third-order valence-electron chi connectivity index (χ3n) is 2.07. The quantitative estimate of drug-likeness (QED) is 0.681. The summed E-state index contributed by atoms with van der Waals surface area (Å²) in [6.45, 7) is 1.96. The molecule has 0 saturated carbocycles. The molecule has 0 unspecified atom stereocenters. The van der Waals surface area contributed by atoms with Gasteiger partial charge in [0.05, 0.1) is 21.7 Å². The lowest BCUT2D eigenvalue weighted by Crippen LogP contribution is -2.12. The number of nitro groups is 1. The number of thiazole rings is 1. The molecule has 2 rings (SSSR count). The van der Waals surface area contributed by atoms with Crippen LogP contribution in [-0.2, 0) is 4.74 Å². The molecule has 1 heterocycles. The molecule has 8 heteroatoms. The van der Waals surface area contributed by atoms with E-state index in [1.54, 1.807) is 13.0 Å². The van der Waals surface area contributed by atoms with Gasteiger partial charge >= 0.3 is 6.09 Å². The molecule has 1 aromatic carbocycles. The van der Waals surface area contributed by atoms with Crippen molar-refractivity contribution < 1.29 is 14.5 Å². The van der Waals surface area contributed by atoms with Crippen molar-refractivity contribution in [2.24, 2.45) is 0 Å². The zero-order valence-corrected chi connectivity index (χ0v) is 10.2. The fourth-order valence-electron chi connectivity index (χ4n) is 1.33. The minimum atomic E-state index is -0.592. The summed E-state index contributed by atoms with van der Waals surface area (Å²) in [5.41, 5.74) is 0.589. The van der Waals surface area contributed by atoms with Gasteiger partial charge in [0.15, 0.2) is 5.13 Å². The predicted octanol–water partition coefficient (Wildman–Crippen LogP) is 2.77. The lowest BCUT2D eigenvalue weighted by molar-refractivity contribution is -0.384. The summed E-state index contributed by atoms with van der Waals surface area (Å²) in [4.78, 5) is 25.4. The van der Waals surface area contributed by atoms with Gasteiger partial charge in [0.25, 0.3) is 5.69 Å². The van der Waals surface area contributed by atoms with Crippen molar-refractivity contribution in [2.75, 3.05) is 11.9 Å². The van der Waals surface area contributed by atoms with Gasteiger partial charge in [-0.15, -0.1) is 0 Å². The second-order valence-corrected chi connectivity index (χ2v) is 4.30. The highest BCUT2D eigenvalue weighted by Crippen LogP contribution is 2.29. The minimum Gasteiger partial charge on any atom is -0.450 e. The molecule has 0 aliphatic rings. The Morgan fingerprint density at radius 3 is 3.06 bits per heavy atom. The fourth-order valence-corrected chi connectivity index (χ4v) is 2.22. The molecule has 0 radical (unpaired) electrons. The van der Waals surface area contributed by atoms with Gasteiger partial charge in [0.2, 0.25) is 0 Å². The summed E-state index contributed by atoms with van der Waals surface area (Å²) in [6, 6.07) is 4.33. The highest BCUT2D eigenvalue weighted by Gasteiger charge is 2.11. The summed E-state index contributed by atoms with van der Waals surface area (Å²) in [5.74, 6) is 0. The molecular formula is C10H9N3O4S. The van der Waals surface area contributed by atoms with Crippen LogP contribution in [0.5, 0.6) is 0 Å². The second kappa shape index (κ2) is 4.96. The standard InChI is InChI=1S/C10H9N3O4S/c1-2-17-10(14)12-9-11-7-4-3-6(13(15)16)5-8(7)18-9/h3-5H,2H2,1H3,(H,11,12,14). The van der Waals surface area contributed by atoms with Crippen LogP contribution in [0.1, 0.15) is 6.92 Å². The molecule has 0 aliphatic heterocycles. The van der Waals surface area contributed by atoms with E-state index < -0.39 is 11.0 Å². The van der Waals surface area contributed by atoms with E-state index in [9.17, 15) is 14.9 Å². The highest BCUT2D eigenvalue weighted by molar-refractivity contribution is 7.22. The molecule has 0 saturated heterocycles. The van der Waals surface area contributed by atoms with E-state index in [1.807, 2.05) is 0 Å². The smallest absolute Gasteiger partial charge is 0.413 e. The SMILES string of the molecule is CCOC(=O)Nc1nc2ccc([N+](=O)[O-])cc2s1. The van der Waals surface area contributed by atoms with Crippen LogP contribution in [0, 0.1) is 10.1 Å². The van der Waals surface area contributed by atoms with E-state index in [0.717, 1.165) is 11.3 Å². The first-order valence-corrected chi connectivity index (χ1v) is 5.90. The number of ether oxygens (including phenoxy) is 1. The van der Waals surface area contributed by atoms with E-state index >= 15 is 0 Å². The number of aromatic nitrogens is 1. The minimum absolute atomic E-state index is 0.00571. The summed E-state index contributed by atoms with van der Waals surface area (Å²) in [7, 11) is 0. The van der Waals surface area contributed by atoms with Crippen LogP contribution in [0.3, 0.4) is 0 Å². The van der Waals surface area contributed by atoms with E-state index in [0.29, 0.717) is 15.3 Å². The lowest BCUT2D eigenvalue weighted by atomic mass is 10.3. The van der Waals surface area contributed by atoms with Gasteiger partial charge in [-0.3, -0.25) is 15.4 Å². The van der Waals surface area contributed by atoms with Crippen LogP contribution in [-0.4, -0.2) is 22.6 Å². The number of amides is 1. The van der Waals surface area contributed by atoms with Crippen molar-refractivity contribution in [2.45, 2.75) is 6.92 Å². The number of carbonyl (C=O) groups excluding carboxylic acids is 1. The van der Waals surface area contributed by atoms with Gasteiger partial charge in [-0.2, -0.15) is 0 Å². The Balaban J connectivity index is 2.27. The first-order valence-electron chi connectivity index (χ1n) is 5.09. The van der Waals surface area contributed by atoms with Crippen molar-refractivity contribution >= 4 is 38.5 Å². The number of nitro benzene ring substituents is 1. The maximum Gasteiger partial charge on any atom is 0.413 e. The number of non-ortho nitro benzene ring substituents is 1. The molecule has 0 atom stereocenters. The first-order chi connectivity index (χ1) is 8.60. The molecule has 94 valence electrons. The molecule has 0 spiro atoms. The monoisotopic (exact) mass is 267 g/mol. The van der Waals surface area contributed by atoms with E-state index in [4.69, 9.17) is 4.74 Å². The summed E-state index contributed by atoms with van der Waals surface area (Å²) >= 11 is 1.16. The average molecular weight is 267 g/mol. The van der Waals surface area contributed by atoms with Crippen LogP contribution >= 0.6 is 11.3 Å². The maximum absolute atomic E-state index is 11.2. The van der Waals surface area contributed by atoms with Crippen LogP contribution < -0.4 is 5.32 Å². The number of nitrogens with zero attached hydrogens (tertiary/aromatic N) is 2. The molecule has 0 bridgehead atoms. The van der Waals surface area contributed by atoms with Crippen molar-refractivity contribution in [1.29, 1.82) is 0 Å². The van der Waals surface area contributed by atoms with Gasteiger partial charge in [0, 0.05) is 12.1 Å². The lowest BCUT2D eigenvalue weighted by Gasteiger charge is -1.99. The number of benzene rings is 1. The molecule has 0 aliphatic carbocycles.